The van der Waals surface area contributed by atoms with Crippen molar-refractivity contribution in [2.75, 3.05) is 7.05 Å². The van der Waals surface area contributed by atoms with E-state index >= 15 is 0 Å². The van der Waals surface area contributed by atoms with Crippen LogP contribution in [0, 0.1) is 6.92 Å². The zero-order chi connectivity index (χ0) is 11.8. The van der Waals surface area contributed by atoms with Gasteiger partial charge in [0.05, 0.1) is 0 Å². The highest BCUT2D eigenvalue weighted by atomic mass is 32.1. The van der Waals surface area contributed by atoms with Crippen molar-refractivity contribution in [1.29, 1.82) is 0 Å². The number of aryl methyl sites for hydroxylation is 1. The SMILES string of the molecule is CCCCCCCC(NC)c1ccc(C)s1. The molecule has 0 saturated heterocycles. The van der Waals surface area contributed by atoms with Crippen LogP contribution in [0.15, 0.2) is 12.1 Å². The van der Waals surface area contributed by atoms with Gasteiger partial charge in [0.1, 0.15) is 0 Å². The highest BCUT2D eigenvalue weighted by Crippen LogP contribution is 2.26. The largest absolute Gasteiger partial charge is 0.312 e. The highest BCUT2D eigenvalue weighted by Gasteiger charge is 2.10. The number of hydrogen-bond acceptors (Lipinski definition) is 2. The molecule has 92 valence electrons. The van der Waals surface area contributed by atoms with Gasteiger partial charge < -0.3 is 5.32 Å². The lowest BCUT2D eigenvalue weighted by Gasteiger charge is -2.14. The topological polar surface area (TPSA) is 12.0 Å². The fourth-order valence-electron chi connectivity index (χ4n) is 2.02. The molecule has 16 heavy (non-hydrogen) atoms. The van der Waals surface area contributed by atoms with E-state index in [1.165, 1.54) is 48.3 Å². The van der Waals surface area contributed by atoms with Crippen molar-refractivity contribution in [1.82, 2.24) is 5.32 Å². The summed E-state index contributed by atoms with van der Waals surface area (Å²) in [6.45, 7) is 4.45. The summed E-state index contributed by atoms with van der Waals surface area (Å²) in [6, 6.07) is 5.06. The van der Waals surface area contributed by atoms with Crippen molar-refractivity contribution in [3.8, 4) is 0 Å². The Bertz CT molecular complexity index is 280. The molecule has 0 spiro atoms. The van der Waals surface area contributed by atoms with Crippen molar-refractivity contribution in [3.63, 3.8) is 0 Å². The molecule has 1 atom stereocenters. The minimum absolute atomic E-state index is 0.570. The molecule has 0 fully saturated rings. The summed E-state index contributed by atoms with van der Waals surface area (Å²) in [4.78, 5) is 2.91. The van der Waals surface area contributed by atoms with Gasteiger partial charge in [-0.25, -0.2) is 0 Å². The Morgan fingerprint density at radius 1 is 1.19 bits per heavy atom. The van der Waals surface area contributed by atoms with E-state index < -0.39 is 0 Å². The molecule has 0 aliphatic carbocycles. The summed E-state index contributed by atoms with van der Waals surface area (Å²) in [6.07, 6.45) is 8.14. The molecule has 1 heterocycles. The molecule has 0 aliphatic heterocycles. The van der Waals surface area contributed by atoms with Crippen LogP contribution < -0.4 is 5.32 Å². The maximum absolute atomic E-state index is 3.43. The molecule has 0 aliphatic rings. The maximum Gasteiger partial charge on any atom is 0.0412 e. The molecule has 2 heteroatoms. The normalized spacial score (nSPS) is 12.9. The molecule has 0 amide bonds. The average molecular weight is 239 g/mol. The predicted molar refractivity (Wildman–Crippen MR) is 74.2 cm³/mol. The Hall–Kier alpha value is -0.340. The van der Waals surface area contributed by atoms with Gasteiger partial charge in [0, 0.05) is 15.8 Å². The Morgan fingerprint density at radius 2 is 1.94 bits per heavy atom. The van der Waals surface area contributed by atoms with Crippen LogP contribution in [0.2, 0.25) is 0 Å². The van der Waals surface area contributed by atoms with Gasteiger partial charge in [0.15, 0.2) is 0 Å². The van der Waals surface area contributed by atoms with Gasteiger partial charge in [-0.2, -0.15) is 0 Å². The Morgan fingerprint density at radius 3 is 2.50 bits per heavy atom. The first-order chi connectivity index (χ1) is 7.77. The lowest BCUT2D eigenvalue weighted by atomic mass is 10.1. The van der Waals surface area contributed by atoms with E-state index in [1.807, 2.05) is 11.3 Å². The second-order valence-electron chi connectivity index (χ2n) is 4.49. The molecule has 1 aromatic rings. The molecular weight excluding hydrogens is 214 g/mol. The fourth-order valence-corrected chi connectivity index (χ4v) is 3.04. The third-order valence-corrected chi connectivity index (χ3v) is 4.16. The maximum atomic E-state index is 3.43. The molecule has 1 nitrogen and oxygen atoms in total. The number of nitrogens with one attached hydrogen (secondary N) is 1. The summed E-state index contributed by atoms with van der Waals surface area (Å²) >= 11 is 1.93. The van der Waals surface area contributed by atoms with Crippen LogP contribution in [0.3, 0.4) is 0 Å². The van der Waals surface area contributed by atoms with E-state index in [9.17, 15) is 0 Å². The zero-order valence-corrected chi connectivity index (χ0v) is 11.7. The van der Waals surface area contributed by atoms with Crippen molar-refractivity contribution >= 4 is 11.3 Å². The molecule has 1 rings (SSSR count). The first-order valence-electron chi connectivity index (χ1n) is 6.51. The van der Waals surface area contributed by atoms with Crippen LogP contribution in [0.5, 0.6) is 0 Å². The Kier molecular flexibility index (Phi) is 6.74. The molecule has 1 aromatic heterocycles. The van der Waals surface area contributed by atoms with Crippen molar-refractivity contribution < 1.29 is 0 Å². The average Bonchev–Trinajstić information content (AvgIpc) is 2.70. The zero-order valence-electron chi connectivity index (χ0n) is 10.9. The molecule has 1 unspecified atom stereocenters. The van der Waals surface area contributed by atoms with Crippen LogP contribution in [0.4, 0.5) is 0 Å². The van der Waals surface area contributed by atoms with Gasteiger partial charge in [0.2, 0.25) is 0 Å². The molecule has 0 radical (unpaired) electrons. The Labute approximate surface area is 104 Å². The van der Waals surface area contributed by atoms with Crippen molar-refractivity contribution in [2.24, 2.45) is 0 Å². The summed E-state index contributed by atoms with van der Waals surface area (Å²) < 4.78 is 0. The number of thiophene rings is 1. The summed E-state index contributed by atoms with van der Waals surface area (Å²) in [5.74, 6) is 0. The second kappa shape index (κ2) is 7.86. The number of unbranched alkanes of at least 4 members (excludes halogenated alkanes) is 4. The van der Waals surface area contributed by atoms with Gasteiger partial charge in [-0.3, -0.25) is 0 Å². The van der Waals surface area contributed by atoms with Gasteiger partial charge >= 0.3 is 0 Å². The quantitative estimate of drug-likeness (QED) is 0.650. The minimum Gasteiger partial charge on any atom is -0.312 e. The van der Waals surface area contributed by atoms with Crippen LogP contribution in [0.1, 0.15) is 61.2 Å². The molecule has 1 N–H and O–H groups in total. The van der Waals surface area contributed by atoms with Gasteiger partial charge in [0.25, 0.3) is 0 Å². The highest BCUT2D eigenvalue weighted by molar-refractivity contribution is 7.12. The first-order valence-corrected chi connectivity index (χ1v) is 7.33. The van der Waals surface area contributed by atoms with Gasteiger partial charge in [-0.05, 0) is 32.5 Å². The lowest BCUT2D eigenvalue weighted by molar-refractivity contribution is 0.506. The van der Waals surface area contributed by atoms with E-state index in [4.69, 9.17) is 0 Å². The summed E-state index contributed by atoms with van der Waals surface area (Å²) in [5.41, 5.74) is 0. The van der Waals surface area contributed by atoms with Crippen molar-refractivity contribution in [3.05, 3.63) is 21.9 Å². The van der Waals surface area contributed by atoms with Crippen LogP contribution >= 0.6 is 11.3 Å². The number of rotatable bonds is 8. The third kappa shape index (κ3) is 4.67. The van der Waals surface area contributed by atoms with Crippen LogP contribution in [-0.4, -0.2) is 7.05 Å². The van der Waals surface area contributed by atoms with E-state index in [0.717, 1.165) is 0 Å². The summed E-state index contributed by atoms with van der Waals surface area (Å²) in [7, 11) is 2.08. The minimum atomic E-state index is 0.570. The van der Waals surface area contributed by atoms with E-state index in [-0.39, 0.29) is 0 Å². The number of hydrogen-bond donors (Lipinski definition) is 1. The first kappa shape index (κ1) is 13.7. The second-order valence-corrected chi connectivity index (χ2v) is 5.81. The van der Waals surface area contributed by atoms with Gasteiger partial charge in [-0.15, -0.1) is 11.3 Å². The lowest BCUT2D eigenvalue weighted by Crippen LogP contribution is -2.14. The Balaban J connectivity index is 2.27. The molecular formula is C14H25NS. The van der Waals surface area contributed by atoms with Crippen LogP contribution in [0.25, 0.3) is 0 Å². The van der Waals surface area contributed by atoms with Crippen LogP contribution in [-0.2, 0) is 0 Å². The standard InChI is InChI=1S/C14H25NS/c1-4-5-6-7-8-9-13(15-3)14-11-10-12(2)16-14/h10-11,13,15H,4-9H2,1-3H3. The van der Waals surface area contributed by atoms with E-state index in [0.29, 0.717) is 6.04 Å². The summed E-state index contributed by atoms with van der Waals surface area (Å²) in [5, 5.41) is 3.43. The molecule has 0 bridgehead atoms. The van der Waals surface area contributed by atoms with Gasteiger partial charge in [-0.1, -0.05) is 39.0 Å². The predicted octanol–water partition coefficient (Wildman–Crippen LogP) is 4.68. The third-order valence-electron chi connectivity index (χ3n) is 3.05. The monoisotopic (exact) mass is 239 g/mol. The smallest absolute Gasteiger partial charge is 0.0412 e. The molecule has 0 aromatic carbocycles. The molecule has 0 saturated carbocycles. The van der Waals surface area contributed by atoms with E-state index in [2.05, 4.69) is 38.3 Å². The van der Waals surface area contributed by atoms with Crippen molar-refractivity contribution in [2.45, 2.75) is 58.4 Å². The fraction of sp³-hybridized carbons (Fsp3) is 0.714. The van der Waals surface area contributed by atoms with E-state index in [1.54, 1.807) is 0 Å².